The number of halogens is 3. The average Bonchev–Trinajstić information content (AvgIpc) is 2.63. The predicted molar refractivity (Wildman–Crippen MR) is 53.9 cm³/mol. The van der Waals surface area contributed by atoms with Gasteiger partial charge in [0.25, 0.3) is 0 Å². The summed E-state index contributed by atoms with van der Waals surface area (Å²) >= 11 is 0. The highest BCUT2D eigenvalue weighted by Crippen LogP contribution is 2.34. The highest BCUT2D eigenvalue weighted by Gasteiger charge is 2.39. The molecule has 3 N–H and O–H groups in total. The minimum absolute atomic E-state index is 0.159. The number of benzene rings is 1. The molecular formula is C10H10F3N3. The number of nitrogens with two attached hydrogens (primary N) is 1. The summed E-state index contributed by atoms with van der Waals surface area (Å²) in [5, 5.41) is 0. The first-order valence-electron chi connectivity index (χ1n) is 4.72. The first kappa shape index (κ1) is 10.9. The number of H-pyrrole nitrogens is 1. The Morgan fingerprint density at radius 1 is 1.38 bits per heavy atom. The van der Waals surface area contributed by atoms with Gasteiger partial charge in [-0.2, -0.15) is 13.2 Å². The number of imidazole rings is 1. The van der Waals surface area contributed by atoms with E-state index in [4.69, 9.17) is 5.73 Å². The quantitative estimate of drug-likeness (QED) is 0.829. The number of fused-ring (bicyclic) bond motifs is 1. The highest BCUT2D eigenvalue weighted by atomic mass is 19.4. The fourth-order valence-corrected chi connectivity index (χ4v) is 1.63. The molecule has 86 valence electrons. The maximum atomic E-state index is 12.6. The molecule has 16 heavy (non-hydrogen) atoms. The SMILES string of the molecule is NCC(c1ccc2nc[nH]c2c1)C(F)(F)F. The van der Waals surface area contributed by atoms with Gasteiger partial charge in [0.05, 0.1) is 23.3 Å². The van der Waals surface area contributed by atoms with Crippen LogP contribution in [0.5, 0.6) is 0 Å². The third-order valence-corrected chi connectivity index (χ3v) is 2.48. The number of alkyl halides is 3. The summed E-state index contributed by atoms with van der Waals surface area (Å²) in [7, 11) is 0. The van der Waals surface area contributed by atoms with Crippen LogP contribution in [0.4, 0.5) is 13.2 Å². The van der Waals surface area contributed by atoms with Gasteiger partial charge in [-0.05, 0) is 17.7 Å². The van der Waals surface area contributed by atoms with Crippen molar-refractivity contribution in [3.63, 3.8) is 0 Å². The fourth-order valence-electron chi connectivity index (χ4n) is 1.63. The normalized spacial score (nSPS) is 14.2. The molecule has 1 atom stereocenters. The van der Waals surface area contributed by atoms with Crippen LogP contribution in [0.2, 0.25) is 0 Å². The van der Waals surface area contributed by atoms with Crippen molar-refractivity contribution in [1.82, 2.24) is 9.97 Å². The Bertz CT molecular complexity index is 489. The third kappa shape index (κ3) is 1.88. The molecule has 1 unspecified atom stereocenters. The van der Waals surface area contributed by atoms with E-state index in [9.17, 15) is 13.2 Å². The highest BCUT2D eigenvalue weighted by molar-refractivity contribution is 5.75. The lowest BCUT2D eigenvalue weighted by atomic mass is 9.98. The van der Waals surface area contributed by atoms with Crippen LogP contribution in [-0.4, -0.2) is 22.7 Å². The molecule has 2 rings (SSSR count). The van der Waals surface area contributed by atoms with E-state index in [2.05, 4.69) is 9.97 Å². The molecule has 1 heterocycles. The topological polar surface area (TPSA) is 54.7 Å². The Kier molecular flexibility index (Phi) is 2.59. The van der Waals surface area contributed by atoms with Crippen LogP contribution in [-0.2, 0) is 0 Å². The molecule has 0 radical (unpaired) electrons. The van der Waals surface area contributed by atoms with Crippen molar-refractivity contribution in [2.24, 2.45) is 5.73 Å². The molecule has 0 saturated carbocycles. The Morgan fingerprint density at radius 2 is 2.12 bits per heavy atom. The zero-order valence-electron chi connectivity index (χ0n) is 8.25. The molecule has 0 fully saturated rings. The van der Waals surface area contributed by atoms with Crippen LogP contribution in [0.3, 0.4) is 0 Å². The van der Waals surface area contributed by atoms with Crippen LogP contribution >= 0.6 is 0 Å². The van der Waals surface area contributed by atoms with Gasteiger partial charge in [-0.1, -0.05) is 6.07 Å². The summed E-state index contributed by atoms with van der Waals surface area (Å²) in [6, 6.07) is 4.40. The molecule has 2 aromatic rings. The van der Waals surface area contributed by atoms with Crippen molar-refractivity contribution < 1.29 is 13.2 Å². The monoisotopic (exact) mass is 229 g/mol. The largest absolute Gasteiger partial charge is 0.396 e. The van der Waals surface area contributed by atoms with Crippen LogP contribution in [0, 0.1) is 0 Å². The zero-order valence-corrected chi connectivity index (χ0v) is 8.25. The van der Waals surface area contributed by atoms with Crippen molar-refractivity contribution in [2.45, 2.75) is 12.1 Å². The van der Waals surface area contributed by atoms with Gasteiger partial charge in [0.2, 0.25) is 0 Å². The maximum Gasteiger partial charge on any atom is 0.396 e. The molecule has 0 aliphatic rings. The second kappa shape index (κ2) is 3.79. The van der Waals surface area contributed by atoms with Crippen LogP contribution in [0.15, 0.2) is 24.5 Å². The van der Waals surface area contributed by atoms with Gasteiger partial charge in [0.1, 0.15) is 0 Å². The van der Waals surface area contributed by atoms with E-state index in [1.165, 1.54) is 18.5 Å². The van der Waals surface area contributed by atoms with Crippen LogP contribution < -0.4 is 5.73 Å². The van der Waals surface area contributed by atoms with Crippen molar-refractivity contribution in [1.29, 1.82) is 0 Å². The van der Waals surface area contributed by atoms with E-state index < -0.39 is 18.6 Å². The van der Waals surface area contributed by atoms with Gasteiger partial charge >= 0.3 is 6.18 Å². The molecule has 3 nitrogen and oxygen atoms in total. The van der Waals surface area contributed by atoms with Crippen molar-refractivity contribution in [3.8, 4) is 0 Å². The molecule has 6 heteroatoms. The lowest BCUT2D eigenvalue weighted by Gasteiger charge is -2.18. The van der Waals surface area contributed by atoms with E-state index in [1.807, 2.05) is 0 Å². The Balaban J connectivity index is 2.45. The molecule has 1 aromatic carbocycles. The Hall–Kier alpha value is -1.56. The number of aromatic nitrogens is 2. The first-order chi connectivity index (χ1) is 7.52. The van der Waals surface area contributed by atoms with E-state index >= 15 is 0 Å². The predicted octanol–water partition coefficient (Wildman–Crippen LogP) is 2.17. The Morgan fingerprint density at radius 3 is 2.75 bits per heavy atom. The van der Waals surface area contributed by atoms with E-state index in [0.717, 1.165) is 0 Å². The standard InChI is InChI=1S/C10H10F3N3/c11-10(12,13)7(4-14)6-1-2-8-9(3-6)16-5-15-8/h1-3,5,7H,4,14H2,(H,15,16). The maximum absolute atomic E-state index is 12.6. The number of aromatic amines is 1. The summed E-state index contributed by atoms with van der Waals surface area (Å²) in [6.45, 7) is -0.455. The summed E-state index contributed by atoms with van der Waals surface area (Å²) in [6.07, 6.45) is -2.87. The number of nitrogens with zero attached hydrogens (tertiary/aromatic N) is 1. The molecule has 0 aliphatic heterocycles. The third-order valence-electron chi connectivity index (χ3n) is 2.48. The second-order valence-corrected chi connectivity index (χ2v) is 3.51. The van der Waals surface area contributed by atoms with Gasteiger partial charge in [-0.25, -0.2) is 4.98 Å². The minimum atomic E-state index is -4.32. The smallest absolute Gasteiger partial charge is 0.345 e. The number of hydrogen-bond acceptors (Lipinski definition) is 2. The van der Waals surface area contributed by atoms with Crippen molar-refractivity contribution in [2.75, 3.05) is 6.54 Å². The number of rotatable bonds is 2. The number of nitrogens with one attached hydrogen (secondary N) is 1. The number of hydrogen-bond donors (Lipinski definition) is 2. The fraction of sp³-hybridized carbons (Fsp3) is 0.300. The minimum Gasteiger partial charge on any atom is -0.345 e. The first-order valence-corrected chi connectivity index (χ1v) is 4.72. The van der Waals surface area contributed by atoms with Gasteiger partial charge in [0, 0.05) is 6.54 Å². The lowest BCUT2D eigenvalue weighted by Crippen LogP contribution is -2.27. The molecule has 0 saturated heterocycles. The molecule has 0 spiro atoms. The lowest BCUT2D eigenvalue weighted by molar-refractivity contribution is -0.148. The van der Waals surface area contributed by atoms with Gasteiger partial charge < -0.3 is 10.7 Å². The van der Waals surface area contributed by atoms with Gasteiger partial charge in [0.15, 0.2) is 0 Å². The molecule has 0 aliphatic carbocycles. The van der Waals surface area contributed by atoms with Crippen molar-refractivity contribution in [3.05, 3.63) is 30.1 Å². The summed E-state index contributed by atoms with van der Waals surface area (Å²) < 4.78 is 37.9. The molecule has 1 aromatic heterocycles. The summed E-state index contributed by atoms with van der Waals surface area (Å²) in [5.41, 5.74) is 6.55. The molecular weight excluding hydrogens is 219 g/mol. The average molecular weight is 229 g/mol. The zero-order chi connectivity index (χ0) is 11.8. The van der Waals surface area contributed by atoms with E-state index in [-0.39, 0.29) is 5.56 Å². The van der Waals surface area contributed by atoms with Crippen molar-refractivity contribution >= 4 is 11.0 Å². The van der Waals surface area contributed by atoms with Crippen LogP contribution in [0.25, 0.3) is 11.0 Å². The molecule has 0 bridgehead atoms. The Labute approximate surface area is 89.5 Å². The van der Waals surface area contributed by atoms with E-state index in [0.29, 0.717) is 11.0 Å². The van der Waals surface area contributed by atoms with Gasteiger partial charge in [-0.15, -0.1) is 0 Å². The summed E-state index contributed by atoms with van der Waals surface area (Å²) in [4.78, 5) is 6.71. The van der Waals surface area contributed by atoms with E-state index in [1.54, 1.807) is 6.07 Å². The van der Waals surface area contributed by atoms with Gasteiger partial charge in [-0.3, -0.25) is 0 Å². The summed E-state index contributed by atoms with van der Waals surface area (Å²) in [5.74, 6) is -1.62. The second-order valence-electron chi connectivity index (χ2n) is 3.51. The van der Waals surface area contributed by atoms with Crippen LogP contribution in [0.1, 0.15) is 11.5 Å². The molecule has 0 amide bonds.